The summed E-state index contributed by atoms with van der Waals surface area (Å²) in [6, 6.07) is 7.53. The lowest BCUT2D eigenvalue weighted by Gasteiger charge is -2.27. The van der Waals surface area contributed by atoms with E-state index in [2.05, 4.69) is 0 Å². The van der Waals surface area contributed by atoms with E-state index in [1.807, 2.05) is 36.4 Å². The molecule has 1 fully saturated rings. The van der Waals surface area contributed by atoms with Crippen LogP contribution >= 0.6 is 0 Å². The molecule has 1 aromatic carbocycles. The van der Waals surface area contributed by atoms with Crippen LogP contribution in [0.2, 0.25) is 0 Å². The fraction of sp³-hybridized carbons (Fsp3) is 0.231. The minimum atomic E-state index is -1.12. The molecular formula is C13H12N2O4. The predicted molar refractivity (Wildman–Crippen MR) is 66.8 cm³/mol. The molecule has 0 unspecified atom stereocenters. The molecule has 1 aliphatic heterocycles. The molecule has 6 nitrogen and oxygen atoms in total. The van der Waals surface area contributed by atoms with Crippen molar-refractivity contribution in [3.63, 3.8) is 0 Å². The van der Waals surface area contributed by atoms with Crippen LogP contribution in [0.1, 0.15) is 0 Å². The fourth-order valence-electron chi connectivity index (χ4n) is 2.71. The molecule has 2 amide bonds. The first kappa shape index (κ1) is 11.6. The van der Waals surface area contributed by atoms with Gasteiger partial charge < -0.3 is 10.2 Å². The average molecular weight is 260 g/mol. The molecule has 0 saturated carbocycles. The standard InChI is InChI=1S/C13H12N2O4/c16-11(17)14-7-13(15(8-14)12(18)19)5-9-3-1-2-4-10(9)6-13/h1-6H,7-8H2,(H,16,17)(H,18,19). The molecule has 98 valence electrons. The van der Waals surface area contributed by atoms with Gasteiger partial charge >= 0.3 is 12.2 Å². The van der Waals surface area contributed by atoms with Crippen molar-refractivity contribution < 1.29 is 19.8 Å². The zero-order valence-corrected chi connectivity index (χ0v) is 9.98. The number of hydrogen-bond acceptors (Lipinski definition) is 2. The van der Waals surface area contributed by atoms with Gasteiger partial charge in [-0.3, -0.25) is 9.80 Å². The van der Waals surface area contributed by atoms with Crippen molar-refractivity contribution in [1.29, 1.82) is 0 Å². The van der Waals surface area contributed by atoms with Gasteiger partial charge in [-0.05, 0) is 22.6 Å². The van der Waals surface area contributed by atoms with E-state index in [9.17, 15) is 14.7 Å². The summed E-state index contributed by atoms with van der Waals surface area (Å²) >= 11 is 0. The van der Waals surface area contributed by atoms with E-state index in [1.54, 1.807) is 0 Å². The first-order valence-corrected chi connectivity index (χ1v) is 5.81. The molecule has 6 heteroatoms. The topological polar surface area (TPSA) is 81.1 Å². The molecule has 2 N–H and O–H groups in total. The van der Waals surface area contributed by atoms with Crippen molar-refractivity contribution in [3.8, 4) is 0 Å². The summed E-state index contributed by atoms with van der Waals surface area (Å²) in [6.07, 6.45) is 1.41. The lowest BCUT2D eigenvalue weighted by molar-refractivity contribution is 0.127. The van der Waals surface area contributed by atoms with Crippen LogP contribution < -0.4 is 10.4 Å². The second-order valence-electron chi connectivity index (χ2n) is 4.74. The molecule has 1 aromatic rings. The van der Waals surface area contributed by atoms with E-state index in [0.717, 1.165) is 20.2 Å². The van der Waals surface area contributed by atoms with Gasteiger partial charge in [0.25, 0.3) is 0 Å². The van der Waals surface area contributed by atoms with Gasteiger partial charge in [0.15, 0.2) is 0 Å². The van der Waals surface area contributed by atoms with Gasteiger partial charge in [0.2, 0.25) is 0 Å². The minimum absolute atomic E-state index is 0.128. The Balaban J connectivity index is 2.11. The molecule has 0 radical (unpaired) electrons. The van der Waals surface area contributed by atoms with E-state index in [0.29, 0.717) is 0 Å². The highest BCUT2D eigenvalue weighted by molar-refractivity contribution is 5.78. The summed E-state index contributed by atoms with van der Waals surface area (Å²) in [7, 11) is 0. The maximum atomic E-state index is 11.3. The van der Waals surface area contributed by atoms with E-state index in [1.165, 1.54) is 0 Å². The highest BCUT2D eigenvalue weighted by Crippen LogP contribution is 2.29. The van der Waals surface area contributed by atoms with Crippen molar-refractivity contribution in [2.45, 2.75) is 5.54 Å². The van der Waals surface area contributed by atoms with Crippen LogP contribution in [0.3, 0.4) is 0 Å². The number of carbonyl (C=O) groups is 2. The van der Waals surface area contributed by atoms with Crippen LogP contribution in [0.5, 0.6) is 0 Å². The number of rotatable bonds is 0. The quantitative estimate of drug-likeness (QED) is 0.684. The largest absolute Gasteiger partial charge is 0.465 e. The van der Waals surface area contributed by atoms with Gasteiger partial charge in [-0.1, -0.05) is 24.3 Å². The summed E-state index contributed by atoms with van der Waals surface area (Å²) in [4.78, 5) is 24.7. The second kappa shape index (κ2) is 3.74. The monoisotopic (exact) mass is 260 g/mol. The van der Waals surface area contributed by atoms with Crippen molar-refractivity contribution in [2.24, 2.45) is 0 Å². The summed E-state index contributed by atoms with van der Waals surface area (Å²) < 4.78 is 0. The molecule has 19 heavy (non-hydrogen) atoms. The van der Waals surface area contributed by atoms with Crippen molar-refractivity contribution >= 4 is 24.3 Å². The molecule has 0 aromatic heterocycles. The lowest BCUT2D eigenvalue weighted by Crippen LogP contribution is -2.44. The Bertz CT molecular complexity index is 647. The molecule has 1 saturated heterocycles. The number of carboxylic acid groups (broad SMARTS) is 2. The number of hydrogen-bond donors (Lipinski definition) is 2. The molecule has 0 atom stereocenters. The van der Waals surface area contributed by atoms with E-state index in [4.69, 9.17) is 5.11 Å². The van der Waals surface area contributed by atoms with Gasteiger partial charge in [-0.2, -0.15) is 0 Å². The van der Waals surface area contributed by atoms with Crippen molar-refractivity contribution in [2.75, 3.05) is 13.2 Å². The van der Waals surface area contributed by atoms with E-state index in [-0.39, 0.29) is 13.2 Å². The van der Waals surface area contributed by atoms with Crippen LogP contribution in [0.25, 0.3) is 12.2 Å². The maximum Gasteiger partial charge on any atom is 0.409 e. The van der Waals surface area contributed by atoms with Gasteiger partial charge in [0.1, 0.15) is 12.2 Å². The van der Waals surface area contributed by atoms with Crippen LogP contribution in [0.4, 0.5) is 9.59 Å². The maximum absolute atomic E-state index is 11.3. The summed E-state index contributed by atoms with van der Waals surface area (Å²) in [5, 5.41) is 20.2. The zero-order chi connectivity index (χ0) is 13.6. The molecule has 3 rings (SSSR count). The Morgan fingerprint density at radius 2 is 1.63 bits per heavy atom. The van der Waals surface area contributed by atoms with Crippen molar-refractivity contribution in [3.05, 3.63) is 34.7 Å². The van der Waals surface area contributed by atoms with E-state index < -0.39 is 17.7 Å². The van der Waals surface area contributed by atoms with Gasteiger partial charge in [-0.15, -0.1) is 0 Å². The fourth-order valence-corrected chi connectivity index (χ4v) is 2.71. The summed E-state index contributed by atoms with van der Waals surface area (Å²) in [5.74, 6) is 0. The number of amides is 2. The average Bonchev–Trinajstić information content (AvgIpc) is 2.90. The molecule has 2 aliphatic rings. The summed E-state index contributed by atoms with van der Waals surface area (Å²) in [6.45, 7) is -0.00499. The second-order valence-corrected chi connectivity index (χ2v) is 4.74. The third-order valence-corrected chi connectivity index (χ3v) is 3.57. The normalized spacial score (nSPS) is 18.9. The number of nitrogens with zero attached hydrogens (tertiary/aromatic N) is 2. The number of benzene rings is 1. The SMILES string of the molecule is O=C(O)N1CN(C(=O)O)C2(C=c3ccccc3=C2)C1. The summed E-state index contributed by atoms with van der Waals surface area (Å²) in [5.41, 5.74) is -0.881. The third-order valence-electron chi connectivity index (χ3n) is 3.57. The van der Waals surface area contributed by atoms with Gasteiger partial charge in [0.05, 0.1) is 6.54 Å². The van der Waals surface area contributed by atoms with Crippen LogP contribution in [-0.4, -0.2) is 51.0 Å². The Morgan fingerprint density at radius 1 is 1.05 bits per heavy atom. The molecule has 1 aliphatic carbocycles. The lowest BCUT2D eigenvalue weighted by atomic mass is 10.0. The van der Waals surface area contributed by atoms with Crippen molar-refractivity contribution in [1.82, 2.24) is 9.80 Å². The van der Waals surface area contributed by atoms with Crippen LogP contribution in [0, 0.1) is 0 Å². The minimum Gasteiger partial charge on any atom is -0.465 e. The first-order chi connectivity index (χ1) is 9.02. The third kappa shape index (κ3) is 1.64. The van der Waals surface area contributed by atoms with E-state index >= 15 is 0 Å². The highest BCUT2D eigenvalue weighted by atomic mass is 16.4. The molecular weight excluding hydrogens is 248 g/mol. The number of fused-ring (bicyclic) bond motifs is 1. The Labute approximate surface area is 108 Å². The van der Waals surface area contributed by atoms with Gasteiger partial charge in [-0.25, -0.2) is 9.59 Å². The van der Waals surface area contributed by atoms with Crippen LogP contribution in [-0.2, 0) is 0 Å². The predicted octanol–water partition coefficient (Wildman–Crippen LogP) is -0.0689. The highest BCUT2D eigenvalue weighted by Gasteiger charge is 2.47. The smallest absolute Gasteiger partial charge is 0.409 e. The Kier molecular flexibility index (Phi) is 2.28. The zero-order valence-electron chi connectivity index (χ0n) is 9.98. The van der Waals surface area contributed by atoms with Gasteiger partial charge in [0, 0.05) is 0 Å². The molecule has 1 spiro atoms. The Hall–Kier alpha value is -2.50. The van der Waals surface area contributed by atoms with Crippen LogP contribution in [0.15, 0.2) is 24.3 Å². The molecule has 0 bridgehead atoms. The molecule has 1 heterocycles. The first-order valence-electron chi connectivity index (χ1n) is 5.81. The Morgan fingerprint density at radius 3 is 2.11 bits per heavy atom.